The summed E-state index contributed by atoms with van der Waals surface area (Å²) in [5, 5.41) is 9.27. The van der Waals surface area contributed by atoms with Crippen LogP contribution in [0.3, 0.4) is 0 Å². The molecule has 104 valence electrons. The van der Waals surface area contributed by atoms with Gasteiger partial charge in [-0.3, -0.25) is 9.69 Å². The number of ether oxygens (including phenoxy) is 1. The van der Waals surface area contributed by atoms with E-state index in [-0.39, 0.29) is 6.04 Å². The molecule has 0 aliphatic carbocycles. The van der Waals surface area contributed by atoms with Crippen molar-refractivity contribution in [3.05, 3.63) is 29.3 Å². The van der Waals surface area contributed by atoms with Crippen molar-refractivity contribution in [2.45, 2.75) is 38.8 Å². The fourth-order valence-electron chi connectivity index (χ4n) is 2.66. The number of aryl methyl sites for hydroxylation is 1. The second kappa shape index (κ2) is 6.06. The highest BCUT2D eigenvalue weighted by atomic mass is 16.5. The minimum absolute atomic E-state index is 0.346. The molecular weight excluding hydrogens is 242 g/mol. The lowest BCUT2D eigenvalue weighted by atomic mass is 10.0. The Morgan fingerprint density at radius 2 is 2.26 bits per heavy atom. The van der Waals surface area contributed by atoms with Crippen LogP contribution in [0.25, 0.3) is 0 Å². The summed E-state index contributed by atoms with van der Waals surface area (Å²) in [5.41, 5.74) is 2.20. The molecule has 1 aliphatic heterocycles. The fourth-order valence-corrected chi connectivity index (χ4v) is 2.66. The number of hydrogen-bond acceptors (Lipinski definition) is 3. The first-order chi connectivity index (χ1) is 9.11. The Morgan fingerprint density at radius 3 is 2.95 bits per heavy atom. The van der Waals surface area contributed by atoms with Crippen molar-refractivity contribution >= 4 is 5.97 Å². The van der Waals surface area contributed by atoms with Crippen molar-refractivity contribution in [1.29, 1.82) is 0 Å². The van der Waals surface area contributed by atoms with E-state index in [0.717, 1.165) is 42.7 Å². The molecule has 0 aromatic heterocycles. The van der Waals surface area contributed by atoms with Crippen LogP contribution in [-0.2, 0) is 11.3 Å². The predicted octanol–water partition coefficient (Wildman–Crippen LogP) is 2.44. The number of hydrogen-bond donors (Lipinski definition) is 1. The summed E-state index contributed by atoms with van der Waals surface area (Å²) in [7, 11) is 1.66. The molecule has 1 atom stereocenters. The van der Waals surface area contributed by atoms with Crippen LogP contribution < -0.4 is 4.74 Å². The van der Waals surface area contributed by atoms with E-state index < -0.39 is 5.97 Å². The Kier molecular flexibility index (Phi) is 4.43. The molecule has 1 heterocycles. The van der Waals surface area contributed by atoms with Crippen LogP contribution in [0.4, 0.5) is 0 Å². The van der Waals surface area contributed by atoms with Crippen molar-refractivity contribution < 1.29 is 14.6 Å². The van der Waals surface area contributed by atoms with E-state index in [9.17, 15) is 9.90 Å². The van der Waals surface area contributed by atoms with Crippen molar-refractivity contribution in [3.63, 3.8) is 0 Å². The number of likely N-dealkylation sites (tertiary alicyclic amines) is 1. The molecule has 1 fully saturated rings. The third kappa shape index (κ3) is 3.26. The average Bonchev–Trinajstić information content (AvgIpc) is 2.41. The number of carboxylic acid groups (broad SMARTS) is 1. The summed E-state index contributed by atoms with van der Waals surface area (Å²) in [5.74, 6) is 0.153. The van der Waals surface area contributed by atoms with E-state index in [2.05, 4.69) is 4.90 Å². The predicted molar refractivity (Wildman–Crippen MR) is 73.4 cm³/mol. The lowest BCUT2D eigenvalue weighted by Gasteiger charge is -2.32. The number of rotatable bonds is 4. The Labute approximate surface area is 114 Å². The number of aliphatic carboxylic acids is 1. The number of carboxylic acids is 1. The maximum absolute atomic E-state index is 11.3. The Hall–Kier alpha value is -1.55. The summed E-state index contributed by atoms with van der Waals surface area (Å²) in [6, 6.07) is 5.73. The van der Waals surface area contributed by atoms with Gasteiger partial charge in [-0.25, -0.2) is 0 Å². The number of carbonyl (C=O) groups is 1. The smallest absolute Gasteiger partial charge is 0.320 e. The minimum atomic E-state index is -0.709. The van der Waals surface area contributed by atoms with Gasteiger partial charge in [0.2, 0.25) is 0 Å². The van der Waals surface area contributed by atoms with Crippen molar-refractivity contribution in [3.8, 4) is 5.75 Å². The van der Waals surface area contributed by atoms with Crippen LogP contribution >= 0.6 is 0 Å². The molecule has 0 saturated carbocycles. The molecule has 0 bridgehead atoms. The average molecular weight is 263 g/mol. The van der Waals surface area contributed by atoms with Crippen molar-refractivity contribution in [2.24, 2.45) is 0 Å². The molecule has 4 nitrogen and oxygen atoms in total. The third-order valence-electron chi connectivity index (χ3n) is 3.76. The molecule has 0 radical (unpaired) electrons. The van der Waals surface area contributed by atoms with Crippen LogP contribution in [0, 0.1) is 6.92 Å². The summed E-state index contributed by atoms with van der Waals surface area (Å²) >= 11 is 0. The van der Waals surface area contributed by atoms with Gasteiger partial charge >= 0.3 is 5.97 Å². The molecule has 1 aromatic rings. The minimum Gasteiger partial charge on any atom is -0.496 e. The fraction of sp³-hybridized carbons (Fsp3) is 0.533. The van der Waals surface area contributed by atoms with Gasteiger partial charge in [0.1, 0.15) is 11.8 Å². The van der Waals surface area contributed by atoms with E-state index >= 15 is 0 Å². The summed E-state index contributed by atoms with van der Waals surface area (Å²) in [4.78, 5) is 13.3. The van der Waals surface area contributed by atoms with Gasteiger partial charge in [-0.2, -0.15) is 0 Å². The second-order valence-corrected chi connectivity index (χ2v) is 5.12. The lowest BCUT2D eigenvalue weighted by molar-refractivity contribution is -0.144. The topological polar surface area (TPSA) is 49.8 Å². The Bertz CT molecular complexity index is 459. The first kappa shape index (κ1) is 13.9. The number of benzene rings is 1. The van der Waals surface area contributed by atoms with Crippen molar-refractivity contribution in [1.82, 2.24) is 4.90 Å². The zero-order valence-electron chi connectivity index (χ0n) is 11.6. The van der Waals surface area contributed by atoms with Crippen LogP contribution in [0.1, 0.15) is 30.4 Å². The van der Waals surface area contributed by atoms with Gasteiger partial charge in [0.15, 0.2) is 0 Å². The molecular formula is C15H21NO3. The first-order valence-corrected chi connectivity index (χ1v) is 6.72. The summed E-state index contributed by atoms with van der Waals surface area (Å²) in [6.07, 6.45) is 2.83. The summed E-state index contributed by atoms with van der Waals surface area (Å²) < 4.78 is 5.31. The second-order valence-electron chi connectivity index (χ2n) is 5.12. The van der Waals surface area contributed by atoms with Gasteiger partial charge < -0.3 is 9.84 Å². The van der Waals surface area contributed by atoms with Crippen molar-refractivity contribution in [2.75, 3.05) is 13.7 Å². The Morgan fingerprint density at radius 1 is 1.47 bits per heavy atom. The number of nitrogens with zero attached hydrogens (tertiary/aromatic N) is 1. The van der Waals surface area contributed by atoms with Gasteiger partial charge in [-0.1, -0.05) is 18.6 Å². The van der Waals surface area contributed by atoms with E-state index in [1.807, 2.05) is 25.1 Å². The molecule has 1 N–H and O–H groups in total. The zero-order chi connectivity index (χ0) is 13.8. The van der Waals surface area contributed by atoms with E-state index in [0.29, 0.717) is 6.54 Å². The van der Waals surface area contributed by atoms with Crippen LogP contribution in [0.2, 0.25) is 0 Å². The molecule has 19 heavy (non-hydrogen) atoms. The van der Waals surface area contributed by atoms with Gasteiger partial charge in [0.05, 0.1) is 7.11 Å². The number of piperidine rings is 1. The lowest BCUT2D eigenvalue weighted by Crippen LogP contribution is -2.43. The van der Waals surface area contributed by atoms with Crippen LogP contribution in [0.5, 0.6) is 5.75 Å². The molecule has 1 unspecified atom stereocenters. The highest BCUT2D eigenvalue weighted by Crippen LogP contribution is 2.23. The van der Waals surface area contributed by atoms with E-state index in [4.69, 9.17) is 4.74 Å². The van der Waals surface area contributed by atoms with Crippen LogP contribution in [-0.4, -0.2) is 35.7 Å². The standard InChI is InChI=1S/C15H21NO3/c1-11-6-7-12(9-14(11)19-2)10-16-8-4-3-5-13(16)15(17)18/h6-7,9,13H,3-5,8,10H2,1-2H3,(H,17,18). The third-order valence-corrected chi connectivity index (χ3v) is 3.76. The van der Waals surface area contributed by atoms with Gasteiger partial charge in [-0.05, 0) is 43.5 Å². The first-order valence-electron chi connectivity index (χ1n) is 6.72. The SMILES string of the molecule is COc1cc(CN2CCCCC2C(=O)O)ccc1C. The molecule has 2 rings (SSSR count). The molecule has 4 heteroatoms. The monoisotopic (exact) mass is 263 g/mol. The van der Waals surface area contributed by atoms with Gasteiger partial charge in [0.25, 0.3) is 0 Å². The normalized spacial score (nSPS) is 20.2. The maximum Gasteiger partial charge on any atom is 0.320 e. The number of methoxy groups -OCH3 is 1. The van der Waals surface area contributed by atoms with E-state index in [1.165, 1.54) is 0 Å². The molecule has 0 spiro atoms. The highest BCUT2D eigenvalue weighted by molar-refractivity contribution is 5.73. The molecule has 1 saturated heterocycles. The highest BCUT2D eigenvalue weighted by Gasteiger charge is 2.28. The molecule has 1 aliphatic rings. The van der Waals surface area contributed by atoms with Gasteiger partial charge in [-0.15, -0.1) is 0 Å². The van der Waals surface area contributed by atoms with Gasteiger partial charge in [0, 0.05) is 6.54 Å². The largest absolute Gasteiger partial charge is 0.496 e. The summed E-state index contributed by atoms with van der Waals surface area (Å²) in [6.45, 7) is 3.53. The Balaban J connectivity index is 2.12. The molecule has 1 aromatic carbocycles. The van der Waals surface area contributed by atoms with Crippen LogP contribution in [0.15, 0.2) is 18.2 Å². The quantitative estimate of drug-likeness (QED) is 0.906. The zero-order valence-corrected chi connectivity index (χ0v) is 11.6. The maximum atomic E-state index is 11.3. The molecule has 0 amide bonds. The van der Waals surface area contributed by atoms with E-state index in [1.54, 1.807) is 7.11 Å².